The maximum atomic E-state index is 13.4. The summed E-state index contributed by atoms with van der Waals surface area (Å²) in [5.41, 5.74) is 0.618. The normalized spacial score (nSPS) is 13.3. The Labute approximate surface area is 214 Å². The number of carbonyl (C=O) groups is 3. The van der Waals surface area contributed by atoms with E-state index >= 15 is 0 Å². The number of ether oxygens (including phenoxy) is 3. The highest BCUT2D eigenvalue weighted by molar-refractivity contribution is 5.85. The summed E-state index contributed by atoms with van der Waals surface area (Å²) in [5, 5.41) is 0. The predicted octanol–water partition coefficient (Wildman–Crippen LogP) is 5.56. The average molecular weight is 498 g/mol. The zero-order valence-corrected chi connectivity index (χ0v) is 22.4. The molecule has 2 unspecified atom stereocenters. The van der Waals surface area contributed by atoms with Crippen LogP contribution in [0.4, 0.5) is 4.79 Å². The molecule has 0 saturated heterocycles. The fourth-order valence-electron chi connectivity index (χ4n) is 3.46. The second-order valence-electron chi connectivity index (χ2n) is 11.1. The minimum Gasteiger partial charge on any atom is -0.458 e. The minimum absolute atomic E-state index is 0.0613. The summed E-state index contributed by atoms with van der Waals surface area (Å²) in [6, 6.07) is 17.6. The third kappa shape index (κ3) is 10.1. The molecule has 36 heavy (non-hydrogen) atoms. The van der Waals surface area contributed by atoms with Crippen molar-refractivity contribution in [2.24, 2.45) is 5.41 Å². The van der Waals surface area contributed by atoms with Gasteiger partial charge in [0, 0.05) is 13.5 Å². The van der Waals surface area contributed by atoms with Gasteiger partial charge in [0.1, 0.15) is 18.2 Å². The lowest BCUT2D eigenvalue weighted by molar-refractivity contribution is -0.172. The Morgan fingerprint density at radius 2 is 1.33 bits per heavy atom. The number of hydrogen-bond donors (Lipinski definition) is 0. The molecule has 2 rings (SSSR count). The van der Waals surface area contributed by atoms with Gasteiger partial charge < -0.3 is 14.2 Å². The number of rotatable bonds is 9. The van der Waals surface area contributed by atoms with Crippen LogP contribution in [0, 0.1) is 5.41 Å². The summed E-state index contributed by atoms with van der Waals surface area (Å²) in [6.07, 6.45) is -1.34. The monoisotopic (exact) mass is 497 g/mol. The molecule has 0 aromatic heterocycles. The maximum Gasteiger partial charge on any atom is 0.410 e. The second-order valence-corrected chi connectivity index (χ2v) is 11.1. The number of esters is 2. The van der Waals surface area contributed by atoms with Crippen molar-refractivity contribution in [1.82, 2.24) is 4.90 Å². The number of nitrogens with zero attached hydrogens (tertiary/aromatic N) is 1. The first-order valence-electron chi connectivity index (χ1n) is 12.2. The van der Waals surface area contributed by atoms with Crippen molar-refractivity contribution < 1.29 is 28.6 Å². The van der Waals surface area contributed by atoms with E-state index in [0.29, 0.717) is 6.42 Å². The Bertz CT molecular complexity index is 992. The van der Waals surface area contributed by atoms with Crippen molar-refractivity contribution in [2.45, 2.75) is 78.7 Å². The van der Waals surface area contributed by atoms with E-state index in [1.54, 1.807) is 20.8 Å². The molecule has 2 aromatic rings. The van der Waals surface area contributed by atoms with E-state index < -0.39 is 35.8 Å². The lowest BCUT2D eigenvalue weighted by atomic mass is 9.87. The topological polar surface area (TPSA) is 82.1 Å². The molecule has 0 radical (unpaired) electrons. The van der Waals surface area contributed by atoms with E-state index in [0.717, 1.165) is 11.1 Å². The molecule has 0 fully saturated rings. The van der Waals surface area contributed by atoms with Crippen molar-refractivity contribution in [3.8, 4) is 0 Å². The van der Waals surface area contributed by atoms with E-state index in [1.807, 2.05) is 81.4 Å². The lowest BCUT2D eigenvalue weighted by Crippen LogP contribution is -2.48. The highest BCUT2D eigenvalue weighted by Crippen LogP contribution is 2.26. The highest BCUT2D eigenvalue weighted by Gasteiger charge is 2.37. The molecule has 0 saturated carbocycles. The fourth-order valence-corrected chi connectivity index (χ4v) is 3.46. The van der Waals surface area contributed by atoms with E-state index in [4.69, 9.17) is 14.2 Å². The molecular formula is C29H39NO6. The Morgan fingerprint density at radius 1 is 0.806 bits per heavy atom. The van der Waals surface area contributed by atoms with Gasteiger partial charge in [-0.2, -0.15) is 0 Å². The molecule has 7 nitrogen and oxygen atoms in total. The van der Waals surface area contributed by atoms with Crippen LogP contribution in [0.2, 0.25) is 0 Å². The Morgan fingerprint density at radius 3 is 1.83 bits per heavy atom. The van der Waals surface area contributed by atoms with E-state index in [-0.39, 0.29) is 18.4 Å². The van der Waals surface area contributed by atoms with Gasteiger partial charge in [0.2, 0.25) is 6.10 Å². The zero-order valence-electron chi connectivity index (χ0n) is 22.4. The number of hydrogen-bond acceptors (Lipinski definition) is 6. The van der Waals surface area contributed by atoms with Gasteiger partial charge in [-0.1, -0.05) is 81.4 Å². The van der Waals surface area contributed by atoms with Gasteiger partial charge in [-0.05, 0) is 43.7 Å². The molecular weight excluding hydrogens is 458 g/mol. The number of amides is 1. The van der Waals surface area contributed by atoms with Crippen LogP contribution in [0.5, 0.6) is 0 Å². The molecule has 196 valence electrons. The van der Waals surface area contributed by atoms with Crippen LogP contribution in [0.25, 0.3) is 0 Å². The van der Waals surface area contributed by atoms with Crippen LogP contribution in [-0.4, -0.2) is 47.7 Å². The van der Waals surface area contributed by atoms with E-state index in [2.05, 4.69) is 0 Å². The third-order valence-electron chi connectivity index (χ3n) is 5.24. The van der Waals surface area contributed by atoms with Crippen molar-refractivity contribution in [3.63, 3.8) is 0 Å². The smallest absolute Gasteiger partial charge is 0.410 e. The third-order valence-corrected chi connectivity index (χ3v) is 5.24. The molecule has 0 heterocycles. The van der Waals surface area contributed by atoms with E-state index in [1.165, 1.54) is 11.9 Å². The minimum atomic E-state index is -1.17. The first-order chi connectivity index (χ1) is 16.7. The highest BCUT2D eigenvalue weighted by atomic mass is 16.6. The summed E-state index contributed by atoms with van der Waals surface area (Å²) in [7, 11) is 1.51. The van der Waals surface area contributed by atoms with Gasteiger partial charge in [0.05, 0.1) is 0 Å². The first kappa shape index (κ1) is 28.9. The van der Waals surface area contributed by atoms with Gasteiger partial charge in [0.25, 0.3) is 0 Å². The van der Waals surface area contributed by atoms with Crippen LogP contribution in [0.3, 0.4) is 0 Å². The number of carbonyl (C=O) groups excluding carboxylic acids is 3. The molecule has 0 aliphatic rings. The molecule has 2 aromatic carbocycles. The van der Waals surface area contributed by atoms with Crippen LogP contribution >= 0.6 is 0 Å². The number of likely N-dealkylation sites (N-methyl/N-ethyl adjacent to an activating group) is 1. The van der Waals surface area contributed by atoms with Gasteiger partial charge in [-0.15, -0.1) is 0 Å². The molecule has 1 amide bonds. The molecule has 7 heteroatoms. The fraction of sp³-hybridized carbons (Fsp3) is 0.483. The predicted molar refractivity (Wildman–Crippen MR) is 138 cm³/mol. The first-order valence-corrected chi connectivity index (χ1v) is 12.2. The van der Waals surface area contributed by atoms with Gasteiger partial charge in [0.15, 0.2) is 0 Å². The average Bonchev–Trinajstić information content (AvgIpc) is 2.79. The van der Waals surface area contributed by atoms with Crippen LogP contribution in [-0.2, 0) is 36.8 Å². The van der Waals surface area contributed by atoms with E-state index in [9.17, 15) is 14.4 Å². The van der Waals surface area contributed by atoms with Crippen molar-refractivity contribution >= 4 is 18.0 Å². The van der Waals surface area contributed by atoms with Crippen LogP contribution in [0.15, 0.2) is 60.7 Å². The SMILES string of the molecule is CN(C(=O)OC(C)(C)C)C(CC(C)(C)C)C(=O)OC(Cc1ccccc1)C(=O)OCc1ccccc1. The van der Waals surface area contributed by atoms with Crippen LogP contribution < -0.4 is 0 Å². The maximum absolute atomic E-state index is 13.4. The summed E-state index contributed by atoms with van der Waals surface area (Å²) in [4.78, 5) is 40.5. The summed E-state index contributed by atoms with van der Waals surface area (Å²) in [6.45, 7) is 11.2. The molecule has 0 aliphatic carbocycles. The Balaban J connectivity index is 2.24. The summed E-state index contributed by atoms with van der Waals surface area (Å²) < 4.78 is 16.7. The molecule has 0 bridgehead atoms. The Kier molecular flexibility index (Phi) is 10.1. The Hall–Kier alpha value is -3.35. The molecule has 0 spiro atoms. The molecule has 0 aliphatic heterocycles. The summed E-state index contributed by atoms with van der Waals surface area (Å²) >= 11 is 0. The molecule has 2 atom stereocenters. The van der Waals surface area contributed by atoms with Crippen molar-refractivity contribution in [2.75, 3.05) is 7.05 Å². The van der Waals surface area contributed by atoms with Gasteiger partial charge in [-0.3, -0.25) is 4.90 Å². The second kappa shape index (κ2) is 12.6. The van der Waals surface area contributed by atoms with Crippen LogP contribution in [0.1, 0.15) is 59.1 Å². The quantitative estimate of drug-likeness (QED) is 0.333. The van der Waals surface area contributed by atoms with Gasteiger partial charge >= 0.3 is 18.0 Å². The van der Waals surface area contributed by atoms with Gasteiger partial charge in [-0.25, -0.2) is 14.4 Å². The lowest BCUT2D eigenvalue weighted by Gasteiger charge is -2.33. The standard InChI is InChI=1S/C29H39NO6/c1-28(2,3)19-23(30(7)27(33)36-29(4,5)6)25(31)35-24(18-21-14-10-8-11-15-21)26(32)34-20-22-16-12-9-13-17-22/h8-17,23-24H,18-20H2,1-7H3. The van der Waals surface area contributed by atoms with Crippen molar-refractivity contribution in [1.29, 1.82) is 0 Å². The molecule has 0 N–H and O–H groups in total. The van der Waals surface area contributed by atoms with Crippen molar-refractivity contribution in [3.05, 3.63) is 71.8 Å². The summed E-state index contributed by atoms with van der Waals surface area (Å²) in [5.74, 6) is -1.33. The number of benzene rings is 2. The zero-order chi connectivity index (χ0) is 26.9. The largest absolute Gasteiger partial charge is 0.458 e.